The Morgan fingerprint density at radius 2 is 2.19 bits per heavy atom. The summed E-state index contributed by atoms with van der Waals surface area (Å²) >= 11 is 0. The molecule has 2 unspecified atom stereocenters. The monoisotopic (exact) mass is 284 g/mol. The van der Waals surface area contributed by atoms with Crippen LogP contribution in [-0.4, -0.2) is 32.5 Å². The normalized spacial score (nSPS) is 21.3. The first-order valence-electron chi connectivity index (χ1n) is 7.85. The highest BCUT2D eigenvalue weighted by Crippen LogP contribution is 2.27. The highest BCUT2D eigenvalue weighted by Gasteiger charge is 2.25. The van der Waals surface area contributed by atoms with Crippen molar-refractivity contribution in [2.75, 3.05) is 13.1 Å². The van der Waals surface area contributed by atoms with Gasteiger partial charge >= 0.3 is 0 Å². The van der Waals surface area contributed by atoms with Crippen molar-refractivity contribution in [2.45, 2.75) is 32.2 Å². The molecule has 0 amide bonds. The largest absolute Gasteiger partial charge is 0.338 e. The summed E-state index contributed by atoms with van der Waals surface area (Å²) in [5.74, 6) is 1.90. The van der Waals surface area contributed by atoms with E-state index >= 15 is 0 Å². The van der Waals surface area contributed by atoms with Crippen LogP contribution in [0.25, 0.3) is 0 Å². The van der Waals surface area contributed by atoms with Gasteiger partial charge in [0.1, 0.15) is 5.82 Å². The van der Waals surface area contributed by atoms with E-state index in [1.807, 2.05) is 24.7 Å². The molecule has 0 aromatic carbocycles. The van der Waals surface area contributed by atoms with Crippen LogP contribution in [0.4, 0.5) is 0 Å². The zero-order chi connectivity index (χ0) is 14.7. The van der Waals surface area contributed by atoms with Gasteiger partial charge in [-0.1, -0.05) is 6.07 Å². The van der Waals surface area contributed by atoms with Crippen molar-refractivity contribution in [1.29, 1.82) is 0 Å². The van der Waals surface area contributed by atoms with E-state index in [-0.39, 0.29) is 0 Å². The number of pyridine rings is 1. The average Bonchev–Trinajstić information content (AvgIpc) is 2.93. The third kappa shape index (κ3) is 3.32. The molecule has 0 bridgehead atoms. The van der Waals surface area contributed by atoms with Crippen LogP contribution >= 0.6 is 0 Å². The lowest BCUT2D eigenvalue weighted by atomic mass is 9.93. The maximum atomic E-state index is 4.51. The molecule has 0 radical (unpaired) electrons. The molecule has 21 heavy (non-hydrogen) atoms. The number of aryl methyl sites for hydroxylation is 1. The number of rotatable bonds is 4. The fourth-order valence-electron chi connectivity index (χ4n) is 3.28. The Labute approximate surface area is 126 Å². The van der Waals surface area contributed by atoms with Crippen molar-refractivity contribution >= 4 is 0 Å². The van der Waals surface area contributed by atoms with E-state index in [1.54, 1.807) is 0 Å². The van der Waals surface area contributed by atoms with Gasteiger partial charge in [-0.2, -0.15) is 0 Å². The number of imidazole rings is 1. The first-order valence-corrected chi connectivity index (χ1v) is 7.85. The Morgan fingerprint density at radius 1 is 1.29 bits per heavy atom. The van der Waals surface area contributed by atoms with Gasteiger partial charge < -0.3 is 4.57 Å². The number of piperidine rings is 1. The molecule has 4 nitrogen and oxygen atoms in total. The Bertz CT molecular complexity index is 563. The van der Waals surface area contributed by atoms with Crippen molar-refractivity contribution in [3.63, 3.8) is 0 Å². The SMILES string of the molecule is CC(c1ccccn1)N1CCCC(Cc2nccn2C)C1. The molecule has 2 aromatic heterocycles. The van der Waals surface area contributed by atoms with Crippen LogP contribution in [0.15, 0.2) is 36.8 Å². The molecule has 1 aliphatic heterocycles. The molecule has 0 N–H and O–H groups in total. The van der Waals surface area contributed by atoms with Crippen LogP contribution in [0.3, 0.4) is 0 Å². The number of hydrogen-bond acceptors (Lipinski definition) is 3. The van der Waals surface area contributed by atoms with Crippen LogP contribution in [-0.2, 0) is 13.5 Å². The maximum absolute atomic E-state index is 4.51. The van der Waals surface area contributed by atoms with Gasteiger partial charge in [0, 0.05) is 44.6 Å². The molecule has 1 aliphatic rings. The maximum Gasteiger partial charge on any atom is 0.108 e. The molecule has 2 atom stereocenters. The van der Waals surface area contributed by atoms with E-state index in [0.717, 1.165) is 13.0 Å². The average molecular weight is 284 g/mol. The molecule has 3 rings (SSSR count). The first kappa shape index (κ1) is 14.3. The Morgan fingerprint density at radius 3 is 2.90 bits per heavy atom. The van der Waals surface area contributed by atoms with Gasteiger partial charge in [0.15, 0.2) is 0 Å². The Hall–Kier alpha value is -1.68. The van der Waals surface area contributed by atoms with Crippen molar-refractivity contribution < 1.29 is 0 Å². The van der Waals surface area contributed by atoms with E-state index in [0.29, 0.717) is 12.0 Å². The minimum atomic E-state index is 0.398. The summed E-state index contributed by atoms with van der Waals surface area (Å²) in [6.45, 7) is 4.59. The molecule has 0 spiro atoms. The van der Waals surface area contributed by atoms with E-state index < -0.39 is 0 Å². The molecule has 1 fully saturated rings. The highest BCUT2D eigenvalue weighted by molar-refractivity contribution is 5.08. The predicted octanol–water partition coefficient (Wildman–Crippen LogP) is 2.83. The number of aromatic nitrogens is 3. The number of nitrogens with zero attached hydrogens (tertiary/aromatic N) is 4. The minimum absolute atomic E-state index is 0.398. The smallest absolute Gasteiger partial charge is 0.108 e. The lowest BCUT2D eigenvalue weighted by Crippen LogP contribution is -2.38. The number of likely N-dealkylation sites (tertiary alicyclic amines) is 1. The topological polar surface area (TPSA) is 34.0 Å². The molecule has 0 saturated carbocycles. The summed E-state index contributed by atoms with van der Waals surface area (Å²) in [5, 5.41) is 0. The van der Waals surface area contributed by atoms with Gasteiger partial charge in [0.2, 0.25) is 0 Å². The van der Waals surface area contributed by atoms with E-state index in [1.165, 1.54) is 30.9 Å². The van der Waals surface area contributed by atoms with Gasteiger partial charge in [-0.15, -0.1) is 0 Å². The van der Waals surface area contributed by atoms with Crippen molar-refractivity contribution in [3.8, 4) is 0 Å². The second-order valence-corrected chi connectivity index (χ2v) is 6.09. The van der Waals surface area contributed by atoms with E-state index in [2.05, 4.69) is 45.5 Å². The molecule has 112 valence electrons. The third-order valence-corrected chi connectivity index (χ3v) is 4.61. The van der Waals surface area contributed by atoms with Gasteiger partial charge in [-0.05, 0) is 44.4 Å². The Balaban J connectivity index is 1.64. The molecule has 3 heterocycles. The van der Waals surface area contributed by atoms with Crippen molar-refractivity contribution in [1.82, 2.24) is 19.4 Å². The van der Waals surface area contributed by atoms with Gasteiger partial charge in [0.05, 0.1) is 5.69 Å². The fourth-order valence-corrected chi connectivity index (χ4v) is 3.28. The molecule has 0 aliphatic carbocycles. The lowest BCUT2D eigenvalue weighted by molar-refractivity contribution is 0.128. The summed E-state index contributed by atoms with van der Waals surface area (Å²) < 4.78 is 2.14. The summed E-state index contributed by atoms with van der Waals surface area (Å²) in [4.78, 5) is 11.5. The quantitative estimate of drug-likeness (QED) is 0.866. The summed E-state index contributed by atoms with van der Waals surface area (Å²) in [7, 11) is 2.08. The van der Waals surface area contributed by atoms with Crippen LogP contribution < -0.4 is 0 Å². The van der Waals surface area contributed by atoms with Gasteiger partial charge in [-0.3, -0.25) is 9.88 Å². The van der Waals surface area contributed by atoms with Crippen molar-refractivity contribution in [2.24, 2.45) is 13.0 Å². The summed E-state index contributed by atoms with van der Waals surface area (Å²) in [6, 6.07) is 6.59. The molecular weight excluding hydrogens is 260 g/mol. The molecule has 1 saturated heterocycles. The van der Waals surface area contributed by atoms with E-state index in [9.17, 15) is 0 Å². The van der Waals surface area contributed by atoms with Gasteiger partial charge in [-0.25, -0.2) is 4.98 Å². The standard InChI is InChI=1S/C17H24N4/c1-14(16-7-3-4-8-18-16)21-10-5-6-15(13-21)12-17-19-9-11-20(17)2/h3-4,7-9,11,14-15H,5-6,10,12-13H2,1-2H3. The zero-order valence-electron chi connectivity index (χ0n) is 12.9. The fraction of sp³-hybridized carbons (Fsp3) is 0.529. The third-order valence-electron chi connectivity index (χ3n) is 4.61. The molecular formula is C17H24N4. The Kier molecular flexibility index (Phi) is 4.34. The van der Waals surface area contributed by atoms with Crippen LogP contribution in [0.1, 0.15) is 37.3 Å². The summed E-state index contributed by atoms with van der Waals surface area (Å²) in [6.07, 6.45) is 9.47. The van der Waals surface area contributed by atoms with Crippen LogP contribution in [0.5, 0.6) is 0 Å². The second-order valence-electron chi connectivity index (χ2n) is 6.09. The second kappa shape index (κ2) is 6.39. The van der Waals surface area contributed by atoms with Gasteiger partial charge in [0.25, 0.3) is 0 Å². The first-order chi connectivity index (χ1) is 10.2. The predicted molar refractivity (Wildman–Crippen MR) is 83.9 cm³/mol. The molecule has 2 aromatic rings. The zero-order valence-corrected chi connectivity index (χ0v) is 12.9. The van der Waals surface area contributed by atoms with E-state index in [4.69, 9.17) is 0 Å². The summed E-state index contributed by atoms with van der Waals surface area (Å²) in [5.41, 5.74) is 1.18. The van der Waals surface area contributed by atoms with Crippen LogP contribution in [0.2, 0.25) is 0 Å². The number of hydrogen-bond donors (Lipinski definition) is 0. The van der Waals surface area contributed by atoms with Crippen molar-refractivity contribution in [3.05, 3.63) is 48.3 Å². The highest BCUT2D eigenvalue weighted by atomic mass is 15.2. The minimum Gasteiger partial charge on any atom is -0.338 e. The lowest BCUT2D eigenvalue weighted by Gasteiger charge is -2.36. The van der Waals surface area contributed by atoms with Crippen LogP contribution in [0, 0.1) is 5.92 Å². The molecule has 4 heteroatoms.